The molecule has 0 bridgehead atoms. The van der Waals surface area contributed by atoms with Crippen molar-refractivity contribution in [1.29, 1.82) is 0 Å². The van der Waals surface area contributed by atoms with Crippen LogP contribution in [0.3, 0.4) is 0 Å². The van der Waals surface area contributed by atoms with E-state index in [1.165, 1.54) is 0 Å². The molecule has 0 aliphatic carbocycles. The number of alkyl halides is 3. The van der Waals surface area contributed by atoms with Crippen LogP contribution >= 0.6 is 0 Å². The number of nitrogens with one attached hydrogen (secondary N) is 3. The van der Waals surface area contributed by atoms with Crippen molar-refractivity contribution in [2.45, 2.75) is 38.0 Å². The van der Waals surface area contributed by atoms with Gasteiger partial charge in [-0.25, -0.2) is 0 Å². The third kappa shape index (κ3) is 4.38. The predicted octanol–water partition coefficient (Wildman–Crippen LogP) is 0.168. The van der Waals surface area contributed by atoms with Gasteiger partial charge in [-0.15, -0.1) is 0 Å². The molecule has 3 N–H and O–H groups in total. The standard InChI is InChI=1S/C11H18F3N3O2/c1-6(15-2)5-16-9(18)7-3-4-8(11(12,13)14)17-10(7)19/h6-8,15H,3-5H2,1-2H3,(H,16,18)(H,17,19). The van der Waals surface area contributed by atoms with E-state index in [9.17, 15) is 22.8 Å². The van der Waals surface area contributed by atoms with Gasteiger partial charge in [0.2, 0.25) is 11.8 Å². The summed E-state index contributed by atoms with van der Waals surface area (Å²) in [6.07, 6.45) is -4.82. The van der Waals surface area contributed by atoms with Crippen LogP contribution in [-0.4, -0.2) is 43.7 Å². The average molecular weight is 281 g/mol. The van der Waals surface area contributed by atoms with Gasteiger partial charge >= 0.3 is 6.18 Å². The van der Waals surface area contributed by atoms with Crippen LogP contribution in [0.4, 0.5) is 13.2 Å². The van der Waals surface area contributed by atoms with Crippen LogP contribution in [0.2, 0.25) is 0 Å². The number of hydrogen-bond acceptors (Lipinski definition) is 3. The molecular formula is C11H18F3N3O2. The Morgan fingerprint density at radius 1 is 1.47 bits per heavy atom. The summed E-state index contributed by atoms with van der Waals surface area (Å²) in [5.74, 6) is -2.42. The quantitative estimate of drug-likeness (QED) is 0.643. The van der Waals surface area contributed by atoms with Gasteiger partial charge in [0.25, 0.3) is 0 Å². The lowest BCUT2D eigenvalue weighted by Gasteiger charge is -2.30. The fraction of sp³-hybridized carbons (Fsp3) is 0.818. The van der Waals surface area contributed by atoms with E-state index in [-0.39, 0.29) is 18.9 Å². The molecule has 1 saturated heterocycles. The second-order valence-corrected chi connectivity index (χ2v) is 4.67. The van der Waals surface area contributed by atoms with E-state index in [0.29, 0.717) is 6.54 Å². The topological polar surface area (TPSA) is 70.2 Å². The first-order valence-corrected chi connectivity index (χ1v) is 6.07. The van der Waals surface area contributed by atoms with Crippen molar-refractivity contribution in [3.05, 3.63) is 0 Å². The van der Waals surface area contributed by atoms with Crippen LogP contribution in [0.5, 0.6) is 0 Å². The summed E-state index contributed by atoms with van der Waals surface area (Å²) in [5.41, 5.74) is 0. The largest absolute Gasteiger partial charge is 0.408 e. The highest BCUT2D eigenvalue weighted by Gasteiger charge is 2.45. The monoisotopic (exact) mass is 281 g/mol. The first kappa shape index (κ1) is 15.7. The fourth-order valence-electron chi connectivity index (χ4n) is 1.78. The van der Waals surface area contributed by atoms with E-state index in [4.69, 9.17) is 0 Å². The molecule has 0 saturated carbocycles. The Morgan fingerprint density at radius 3 is 2.58 bits per heavy atom. The Hall–Kier alpha value is -1.31. The van der Waals surface area contributed by atoms with E-state index >= 15 is 0 Å². The number of carbonyl (C=O) groups excluding carboxylic acids is 2. The Morgan fingerprint density at radius 2 is 2.11 bits per heavy atom. The molecule has 1 aliphatic rings. The molecule has 1 fully saturated rings. The number of carbonyl (C=O) groups is 2. The number of halogens is 3. The Labute approximate surface area is 109 Å². The van der Waals surface area contributed by atoms with Crippen LogP contribution in [0.1, 0.15) is 19.8 Å². The van der Waals surface area contributed by atoms with Crippen molar-refractivity contribution in [2.75, 3.05) is 13.6 Å². The van der Waals surface area contributed by atoms with Crippen LogP contribution in [0.25, 0.3) is 0 Å². The highest BCUT2D eigenvalue weighted by Crippen LogP contribution is 2.28. The summed E-state index contributed by atoms with van der Waals surface area (Å²) >= 11 is 0. The summed E-state index contributed by atoms with van der Waals surface area (Å²) in [6, 6.07) is -1.82. The third-order valence-electron chi connectivity index (χ3n) is 3.16. The summed E-state index contributed by atoms with van der Waals surface area (Å²) in [5, 5.41) is 7.29. The van der Waals surface area contributed by atoms with Gasteiger partial charge in [-0.05, 0) is 26.8 Å². The molecular weight excluding hydrogens is 263 g/mol. The summed E-state index contributed by atoms with van der Waals surface area (Å²) in [6.45, 7) is 2.16. The van der Waals surface area contributed by atoms with E-state index in [1.807, 2.05) is 12.2 Å². The molecule has 0 radical (unpaired) electrons. The zero-order valence-corrected chi connectivity index (χ0v) is 10.8. The smallest absolute Gasteiger partial charge is 0.354 e. The van der Waals surface area contributed by atoms with Crippen molar-refractivity contribution in [1.82, 2.24) is 16.0 Å². The summed E-state index contributed by atoms with van der Waals surface area (Å²) < 4.78 is 37.3. The lowest BCUT2D eigenvalue weighted by Crippen LogP contribution is -2.55. The molecule has 19 heavy (non-hydrogen) atoms. The van der Waals surface area contributed by atoms with Gasteiger partial charge < -0.3 is 16.0 Å². The van der Waals surface area contributed by atoms with Crippen molar-refractivity contribution in [3.8, 4) is 0 Å². The van der Waals surface area contributed by atoms with Gasteiger partial charge in [-0.3, -0.25) is 9.59 Å². The summed E-state index contributed by atoms with van der Waals surface area (Å²) in [4.78, 5) is 23.2. The van der Waals surface area contributed by atoms with Crippen LogP contribution in [0.15, 0.2) is 0 Å². The van der Waals surface area contributed by atoms with Gasteiger partial charge in [0.1, 0.15) is 12.0 Å². The highest BCUT2D eigenvalue weighted by molar-refractivity contribution is 6.00. The minimum Gasteiger partial charge on any atom is -0.354 e. The maximum atomic E-state index is 12.4. The molecule has 1 aliphatic heterocycles. The molecule has 0 aromatic heterocycles. The first-order chi connectivity index (χ1) is 8.75. The lowest BCUT2D eigenvalue weighted by molar-refractivity contribution is -0.171. The molecule has 3 atom stereocenters. The normalized spacial score (nSPS) is 25.6. The minimum atomic E-state index is -4.46. The second-order valence-electron chi connectivity index (χ2n) is 4.67. The number of amides is 2. The molecule has 0 aromatic carbocycles. The number of rotatable bonds is 4. The third-order valence-corrected chi connectivity index (χ3v) is 3.16. The van der Waals surface area contributed by atoms with Crippen molar-refractivity contribution < 1.29 is 22.8 Å². The van der Waals surface area contributed by atoms with Gasteiger partial charge in [0.15, 0.2) is 0 Å². The van der Waals surface area contributed by atoms with Crippen molar-refractivity contribution in [2.24, 2.45) is 5.92 Å². The van der Waals surface area contributed by atoms with E-state index in [2.05, 4.69) is 10.6 Å². The maximum Gasteiger partial charge on any atom is 0.408 e. The van der Waals surface area contributed by atoms with Gasteiger partial charge in [0, 0.05) is 12.6 Å². The molecule has 5 nitrogen and oxygen atoms in total. The Bertz CT molecular complexity index is 347. The van der Waals surface area contributed by atoms with E-state index in [1.54, 1.807) is 7.05 Å². The fourth-order valence-corrected chi connectivity index (χ4v) is 1.78. The number of likely N-dealkylation sites (N-methyl/N-ethyl adjacent to an activating group) is 1. The molecule has 1 rings (SSSR count). The highest BCUT2D eigenvalue weighted by atomic mass is 19.4. The van der Waals surface area contributed by atoms with Crippen LogP contribution in [0, 0.1) is 5.92 Å². The molecule has 0 spiro atoms. The molecule has 110 valence electrons. The molecule has 0 aromatic rings. The molecule has 2 amide bonds. The molecule has 1 heterocycles. The zero-order chi connectivity index (χ0) is 14.6. The first-order valence-electron chi connectivity index (χ1n) is 6.07. The van der Waals surface area contributed by atoms with Gasteiger partial charge in [0.05, 0.1) is 0 Å². The lowest BCUT2D eigenvalue weighted by atomic mass is 9.93. The SMILES string of the molecule is CNC(C)CNC(=O)C1CCC(C(F)(F)F)NC1=O. The average Bonchev–Trinajstić information content (AvgIpc) is 2.34. The van der Waals surface area contributed by atoms with E-state index in [0.717, 1.165) is 0 Å². The number of hydrogen-bond donors (Lipinski definition) is 3. The predicted molar refractivity (Wildman–Crippen MR) is 62.2 cm³/mol. The van der Waals surface area contributed by atoms with E-state index < -0.39 is 30.0 Å². The van der Waals surface area contributed by atoms with Gasteiger partial charge in [-0.2, -0.15) is 13.2 Å². The molecule has 3 unspecified atom stereocenters. The Balaban J connectivity index is 2.49. The minimum absolute atomic E-state index is 0.0264. The van der Waals surface area contributed by atoms with Crippen LogP contribution in [-0.2, 0) is 9.59 Å². The van der Waals surface area contributed by atoms with Crippen LogP contribution < -0.4 is 16.0 Å². The summed E-state index contributed by atoms with van der Waals surface area (Å²) in [7, 11) is 1.72. The van der Waals surface area contributed by atoms with Crippen molar-refractivity contribution >= 4 is 11.8 Å². The zero-order valence-electron chi connectivity index (χ0n) is 10.8. The maximum absolute atomic E-state index is 12.4. The van der Waals surface area contributed by atoms with Gasteiger partial charge in [-0.1, -0.05) is 0 Å². The van der Waals surface area contributed by atoms with Crippen molar-refractivity contribution in [3.63, 3.8) is 0 Å². The number of piperidine rings is 1. The second kappa shape index (κ2) is 6.23. The molecule has 8 heteroatoms. The Kier molecular flexibility index (Phi) is 5.16.